The van der Waals surface area contributed by atoms with E-state index in [1.54, 1.807) is 18.2 Å². The number of fused-ring (bicyclic) bond motifs is 1. The van der Waals surface area contributed by atoms with Crippen LogP contribution in [0.3, 0.4) is 0 Å². The van der Waals surface area contributed by atoms with Crippen molar-refractivity contribution in [1.29, 1.82) is 0 Å². The fourth-order valence-corrected chi connectivity index (χ4v) is 2.01. The zero-order valence-corrected chi connectivity index (χ0v) is 11.0. The third-order valence-corrected chi connectivity index (χ3v) is 3.08. The first kappa shape index (κ1) is 13.0. The Morgan fingerprint density at radius 2 is 2.25 bits per heavy atom. The SMILES string of the molecule is O[C@@H](Cn1nnc(CCl)n1)c1ccc2oc(F)cc2c1. The molecule has 0 saturated heterocycles. The van der Waals surface area contributed by atoms with Crippen molar-refractivity contribution in [1.82, 2.24) is 20.2 Å². The number of furan rings is 1. The standard InChI is InChI=1S/C12H10ClFN4O2/c13-5-12-15-17-18(16-12)6-9(19)7-1-2-10-8(3-7)4-11(14)20-10/h1-4,9,19H,5-6H2/t9-/m0/s1. The molecule has 0 bridgehead atoms. The summed E-state index contributed by atoms with van der Waals surface area (Å²) in [5.41, 5.74) is 1.05. The molecule has 0 spiro atoms. The molecule has 2 heterocycles. The number of tetrazole rings is 1. The van der Waals surface area contributed by atoms with Crippen molar-refractivity contribution in [3.63, 3.8) is 0 Å². The van der Waals surface area contributed by atoms with Crippen LogP contribution in [0.15, 0.2) is 28.7 Å². The predicted octanol–water partition coefficient (Wildman–Crippen LogP) is 2.03. The largest absolute Gasteiger partial charge is 0.431 e. The summed E-state index contributed by atoms with van der Waals surface area (Å²) >= 11 is 5.57. The number of aliphatic hydroxyl groups excluding tert-OH is 1. The zero-order chi connectivity index (χ0) is 14.1. The quantitative estimate of drug-likeness (QED) is 0.745. The Morgan fingerprint density at radius 3 is 3.00 bits per heavy atom. The molecule has 0 amide bonds. The lowest BCUT2D eigenvalue weighted by atomic mass is 10.1. The molecule has 0 fully saturated rings. The van der Waals surface area contributed by atoms with E-state index < -0.39 is 12.1 Å². The second-order valence-electron chi connectivity index (χ2n) is 4.26. The van der Waals surface area contributed by atoms with Gasteiger partial charge in [0.05, 0.1) is 12.4 Å². The van der Waals surface area contributed by atoms with Gasteiger partial charge in [-0.05, 0) is 22.9 Å². The summed E-state index contributed by atoms with van der Waals surface area (Å²) in [5.74, 6) is 0.558. The van der Waals surface area contributed by atoms with Crippen molar-refractivity contribution in [2.24, 2.45) is 0 Å². The number of benzene rings is 1. The molecule has 104 valence electrons. The van der Waals surface area contributed by atoms with E-state index in [-0.39, 0.29) is 12.4 Å². The van der Waals surface area contributed by atoms with E-state index >= 15 is 0 Å². The molecule has 2 aromatic heterocycles. The Kier molecular flexibility index (Phi) is 3.37. The molecule has 0 unspecified atom stereocenters. The van der Waals surface area contributed by atoms with E-state index in [9.17, 15) is 9.50 Å². The topological polar surface area (TPSA) is 77.0 Å². The van der Waals surface area contributed by atoms with Crippen molar-refractivity contribution in [3.05, 3.63) is 41.7 Å². The minimum atomic E-state index is -0.838. The summed E-state index contributed by atoms with van der Waals surface area (Å²) in [5, 5.41) is 22.2. The zero-order valence-electron chi connectivity index (χ0n) is 10.2. The first-order chi connectivity index (χ1) is 9.65. The lowest BCUT2D eigenvalue weighted by molar-refractivity contribution is 0.144. The maximum Gasteiger partial charge on any atom is 0.278 e. The molecule has 6 nitrogen and oxygen atoms in total. The summed E-state index contributed by atoms with van der Waals surface area (Å²) in [6.45, 7) is 0.135. The van der Waals surface area contributed by atoms with Crippen LogP contribution < -0.4 is 0 Å². The Bertz CT molecular complexity index is 742. The third kappa shape index (κ3) is 2.50. The maximum absolute atomic E-state index is 13.0. The van der Waals surface area contributed by atoms with Crippen LogP contribution in [0.5, 0.6) is 0 Å². The first-order valence-corrected chi connectivity index (χ1v) is 6.39. The molecule has 0 radical (unpaired) electrons. The van der Waals surface area contributed by atoms with Crippen molar-refractivity contribution >= 4 is 22.6 Å². The van der Waals surface area contributed by atoms with Crippen molar-refractivity contribution in [3.8, 4) is 0 Å². The average Bonchev–Trinajstić information content (AvgIpc) is 3.02. The number of aromatic nitrogens is 4. The first-order valence-electron chi connectivity index (χ1n) is 5.85. The van der Waals surface area contributed by atoms with Crippen LogP contribution in [0, 0.1) is 6.01 Å². The number of hydrogen-bond donors (Lipinski definition) is 1. The molecule has 0 aliphatic rings. The summed E-state index contributed by atoms with van der Waals surface area (Å²) in [4.78, 5) is 1.27. The van der Waals surface area contributed by atoms with Crippen LogP contribution in [0.25, 0.3) is 11.0 Å². The highest BCUT2D eigenvalue weighted by atomic mass is 35.5. The van der Waals surface area contributed by atoms with E-state index in [2.05, 4.69) is 15.4 Å². The Balaban J connectivity index is 1.82. The van der Waals surface area contributed by atoms with Crippen LogP contribution in [0.2, 0.25) is 0 Å². The van der Waals surface area contributed by atoms with E-state index in [0.717, 1.165) is 0 Å². The molecule has 3 rings (SSSR count). The maximum atomic E-state index is 13.0. The molecular formula is C12H10ClFN4O2. The monoisotopic (exact) mass is 296 g/mol. The van der Waals surface area contributed by atoms with Gasteiger partial charge in [-0.15, -0.1) is 21.8 Å². The van der Waals surface area contributed by atoms with Crippen LogP contribution in [0.4, 0.5) is 4.39 Å². The summed E-state index contributed by atoms with van der Waals surface area (Å²) in [6.07, 6.45) is -0.838. The van der Waals surface area contributed by atoms with Crippen molar-refractivity contribution in [2.45, 2.75) is 18.5 Å². The van der Waals surface area contributed by atoms with Crippen molar-refractivity contribution in [2.75, 3.05) is 0 Å². The van der Waals surface area contributed by atoms with Gasteiger partial charge in [0.25, 0.3) is 6.01 Å². The van der Waals surface area contributed by atoms with Crippen LogP contribution >= 0.6 is 11.6 Å². The van der Waals surface area contributed by atoms with Gasteiger partial charge in [0.2, 0.25) is 0 Å². The second-order valence-corrected chi connectivity index (χ2v) is 4.52. The van der Waals surface area contributed by atoms with Gasteiger partial charge in [0.15, 0.2) is 5.82 Å². The highest BCUT2D eigenvalue weighted by Crippen LogP contribution is 2.23. The van der Waals surface area contributed by atoms with Gasteiger partial charge in [-0.25, -0.2) is 0 Å². The molecule has 1 atom stereocenters. The Labute approximate surface area is 117 Å². The summed E-state index contributed by atoms with van der Waals surface area (Å²) < 4.78 is 17.8. The number of hydrogen-bond acceptors (Lipinski definition) is 5. The molecule has 0 saturated carbocycles. The molecule has 1 aromatic carbocycles. The van der Waals surface area contributed by atoms with E-state index in [4.69, 9.17) is 16.0 Å². The number of nitrogens with zero attached hydrogens (tertiary/aromatic N) is 4. The second kappa shape index (κ2) is 5.18. The molecule has 20 heavy (non-hydrogen) atoms. The molecule has 0 aliphatic carbocycles. The lowest BCUT2D eigenvalue weighted by Gasteiger charge is -2.09. The molecule has 8 heteroatoms. The number of alkyl halides is 1. The highest BCUT2D eigenvalue weighted by Gasteiger charge is 2.13. The fourth-order valence-electron chi connectivity index (χ4n) is 1.90. The molecular weight excluding hydrogens is 287 g/mol. The van der Waals surface area contributed by atoms with E-state index in [1.807, 2.05) is 0 Å². The molecule has 3 aromatic rings. The Hall–Kier alpha value is -1.99. The number of rotatable bonds is 4. The van der Waals surface area contributed by atoms with Crippen LogP contribution in [0.1, 0.15) is 17.5 Å². The van der Waals surface area contributed by atoms with Gasteiger partial charge >= 0.3 is 0 Å². The van der Waals surface area contributed by atoms with Gasteiger partial charge in [-0.2, -0.15) is 9.19 Å². The van der Waals surface area contributed by atoms with Gasteiger partial charge < -0.3 is 9.52 Å². The minimum Gasteiger partial charge on any atom is -0.431 e. The van der Waals surface area contributed by atoms with Crippen LogP contribution in [-0.4, -0.2) is 25.3 Å². The van der Waals surface area contributed by atoms with Crippen LogP contribution in [-0.2, 0) is 12.4 Å². The third-order valence-electron chi connectivity index (χ3n) is 2.85. The van der Waals surface area contributed by atoms with Gasteiger partial charge in [-0.3, -0.25) is 0 Å². The van der Waals surface area contributed by atoms with E-state index in [0.29, 0.717) is 22.4 Å². The van der Waals surface area contributed by atoms with E-state index in [1.165, 1.54) is 10.9 Å². The minimum absolute atomic E-state index is 0.135. The smallest absolute Gasteiger partial charge is 0.278 e. The highest BCUT2D eigenvalue weighted by molar-refractivity contribution is 6.16. The van der Waals surface area contributed by atoms with Crippen molar-refractivity contribution < 1.29 is 13.9 Å². The summed E-state index contributed by atoms with van der Waals surface area (Å²) in [6, 6.07) is 5.54. The predicted molar refractivity (Wildman–Crippen MR) is 68.5 cm³/mol. The van der Waals surface area contributed by atoms with Gasteiger partial charge in [-0.1, -0.05) is 6.07 Å². The number of halogens is 2. The molecule has 1 N–H and O–H groups in total. The fraction of sp³-hybridized carbons (Fsp3) is 0.250. The van der Waals surface area contributed by atoms with Gasteiger partial charge in [0.1, 0.15) is 11.7 Å². The summed E-state index contributed by atoms with van der Waals surface area (Å²) in [7, 11) is 0. The number of aliphatic hydroxyl groups is 1. The molecule has 0 aliphatic heterocycles. The average molecular weight is 297 g/mol. The Morgan fingerprint density at radius 1 is 1.40 bits per heavy atom. The lowest BCUT2D eigenvalue weighted by Crippen LogP contribution is -2.11. The normalized spacial score (nSPS) is 12.9. The van der Waals surface area contributed by atoms with Gasteiger partial charge in [0, 0.05) is 11.5 Å².